The monoisotopic (exact) mass is 265 g/mol. The van der Waals surface area contributed by atoms with Gasteiger partial charge in [-0.3, -0.25) is 15.0 Å². The molecule has 1 heterocycles. The third-order valence-corrected chi connectivity index (χ3v) is 3.52. The number of benzene rings is 1. The molecule has 19 heavy (non-hydrogen) atoms. The molecular weight excluding hydrogens is 246 g/mol. The third-order valence-electron chi connectivity index (χ3n) is 3.52. The first-order valence-corrected chi connectivity index (χ1v) is 6.42. The molecule has 1 saturated heterocycles. The number of aliphatic hydroxyl groups excluding tert-OH is 1. The number of β-amino-alcohol motifs (C(OH)–C–C–N with tert-alkyl or cyclic N) is 1. The summed E-state index contributed by atoms with van der Waals surface area (Å²) in [5.74, 6) is 0. The predicted octanol–water partition coefficient (Wildman–Crippen LogP) is 0.922. The Morgan fingerprint density at radius 3 is 3.00 bits per heavy atom. The second-order valence-electron chi connectivity index (χ2n) is 4.90. The highest BCUT2D eigenvalue weighted by molar-refractivity contribution is 5.36. The third kappa shape index (κ3) is 3.50. The highest BCUT2D eigenvalue weighted by Crippen LogP contribution is 2.21. The summed E-state index contributed by atoms with van der Waals surface area (Å²) in [5, 5.41) is 23.5. The summed E-state index contributed by atoms with van der Waals surface area (Å²) in [6.07, 6.45) is 0.549. The molecule has 104 valence electrons. The normalized spacial score (nSPS) is 21.5. The second kappa shape index (κ2) is 6.10. The number of nitrogens with zero attached hydrogens (tertiary/aromatic N) is 2. The molecule has 1 fully saturated rings. The van der Waals surface area contributed by atoms with Crippen molar-refractivity contribution in [3.8, 4) is 0 Å². The number of aliphatic hydroxyl groups is 1. The molecule has 2 atom stereocenters. The van der Waals surface area contributed by atoms with Crippen molar-refractivity contribution < 1.29 is 10.0 Å². The van der Waals surface area contributed by atoms with Gasteiger partial charge in [-0.25, -0.2) is 0 Å². The van der Waals surface area contributed by atoms with Crippen molar-refractivity contribution >= 4 is 5.69 Å². The van der Waals surface area contributed by atoms with Crippen molar-refractivity contribution in [1.82, 2.24) is 10.2 Å². The van der Waals surface area contributed by atoms with E-state index in [2.05, 4.69) is 10.2 Å². The van der Waals surface area contributed by atoms with Gasteiger partial charge in [-0.05, 0) is 19.0 Å². The van der Waals surface area contributed by atoms with E-state index in [1.165, 1.54) is 6.07 Å². The molecule has 0 amide bonds. The number of likely N-dealkylation sites (N-methyl/N-ethyl adjacent to an activating group) is 1. The molecule has 0 bridgehead atoms. The fourth-order valence-corrected chi connectivity index (χ4v) is 2.45. The van der Waals surface area contributed by atoms with Gasteiger partial charge in [0, 0.05) is 37.8 Å². The molecule has 1 aromatic carbocycles. The SMILES string of the molecule is CNC(CN1CCC(O)C1)c1cccc([N+](=O)[O-])c1. The van der Waals surface area contributed by atoms with Gasteiger partial charge in [0.15, 0.2) is 0 Å². The van der Waals surface area contributed by atoms with Crippen LogP contribution in [-0.4, -0.2) is 47.7 Å². The molecule has 1 aliphatic heterocycles. The number of non-ortho nitro benzene ring substituents is 1. The molecule has 1 aromatic rings. The Morgan fingerprint density at radius 1 is 1.63 bits per heavy atom. The van der Waals surface area contributed by atoms with E-state index in [4.69, 9.17) is 0 Å². The molecule has 0 radical (unpaired) electrons. The van der Waals surface area contributed by atoms with Crippen LogP contribution in [0.15, 0.2) is 24.3 Å². The number of likely N-dealkylation sites (tertiary alicyclic amines) is 1. The number of nitrogens with one attached hydrogen (secondary N) is 1. The summed E-state index contributed by atoms with van der Waals surface area (Å²) in [6, 6.07) is 6.73. The van der Waals surface area contributed by atoms with Crippen molar-refractivity contribution in [3.05, 3.63) is 39.9 Å². The minimum atomic E-state index is -0.379. The molecule has 2 unspecified atom stereocenters. The number of hydrogen-bond donors (Lipinski definition) is 2. The Bertz CT molecular complexity index is 453. The van der Waals surface area contributed by atoms with Crippen LogP contribution in [0.5, 0.6) is 0 Å². The summed E-state index contributed by atoms with van der Waals surface area (Å²) in [4.78, 5) is 12.6. The number of nitro groups is 1. The minimum absolute atomic E-state index is 0.0326. The summed E-state index contributed by atoms with van der Waals surface area (Å²) < 4.78 is 0. The Hall–Kier alpha value is -1.50. The number of nitro benzene ring substituents is 1. The topological polar surface area (TPSA) is 78.6 Å². The molecule has 2 N–H and O–H groups in total. The van der Waals surface area contributed by atoms with Crippen LogP contribution in [0.4, 0.5) is 5.69 Å². The Kier molecular flexibility index (Phi) is 4.47. The van der Waals surface area contributed by atoms with Crippen molar-refractivity contribution in [2.75, 3.05) is 26.7 Å². The highest BCUT2D eigenvalue weighted by Gasteiger charge is 2.23. The van der Waals surface area contributed by atoms with E-state index in [-0.39, 0.29) is 22.8 Å². The maximum Gasteiger partial charge on any atom is 0.269 e. The van der Waals surface area contributed by atoms with Gasteiger partial charge in [0.1, 0.15) is 0 Å². The lowest BCUT2D eigenvalue weighted by Gasteiger charge is -2.23. The van der Waals surface area contributed by atoms with Crippen molar-refractivity contribution in [2.24, 2.45) is 0 Å². The fraction of sp³-hybridized carbons (Fsp3) is 0.538. The molecule has 0 saturated carbocycles. The molecule has 0 aromatic heterocycles. The molecule has 0 aliphatic carbocycles. The maximum atomic E-state index is 10.8. The largest absolute Gasteiger partial charge is 0.392 e. The Labute approximate surface area is 112 Å². The summed E-state index contributed by atoms with van der Waals surface area (Å²) >= 11 is 0. The lowest BCUT2D eigenvalue weighted by atomic mass is 10.1. The molecule has 6 heteroatoms. The van der Waals surface area contributed by atoms with Gasteiger partial charge in [-0.2, -0.15) is 0 Å². The summed E-state index contributed by atoms with van der Waals surface area (Å²) in [7, 11) is 1.84. The van der Waals surface area contributed by atoms with E-state index in [0.29, 0.717) is 6.54 Å². The molecule has 2 rings (SSSR count). The van der Waals surface area contributed by atoms with E-state index < -0.39 is 0 Å². The van der Waals surface area contributed by atoms with Gasteiger partial charge in [-0.1, -0.05) is 12.1 Å². The van der Waals surface area contributed by atoms with Crippen LogP contribution in [-0.2, 0) is 0 Å². The highest BCUT2D eigenvalue weighted by atomic mass is 16.6. The molecular formula is C13H19N3O3. The van der Waals surface area contributed by atoms with Crippen LogP contribution in [0, 0.1) is 10.1 Å². The summed E-state index contributed by atoms with van der Waals surface area (Å²) in [6.45, 7) is 2.29. The van der Waals surface area contributed by atoms with Gasteiger partial charge >= 0.3 is 0 Å². The van der Waals surface area contributed by atoms with E-state index in [9.17, 15) is 15.2 Å². The van der Waals surface area contributed by atoms with Gasteiger partial charge in [0.2, 0.25) is 0 Å². The standard InChI is InChI=1S/C13H19N3O3/c1-14-13(9-15-6-5-12(17)8-15)10-3-2-4-11(7-10)16(18)19/h2-4,7,12-14,17H,5-6,8-9H2,1H3. The zero-order chi connectivity index (χ0) is 13.8. The minimum Gasteiger partial charge on any atom is -0.392 e. The summed E-state index contributed by atoms with van der Waals surface area (Å²) in [5.41, 5.74) is 1.01. The second-order valence-corrected chi connectivity index (χ2v) is 4.90. The maximum absolute atomic E-state index is 10.8. The lowest BCUT2D eigenvalue weighted by Crippen LogP contribution is -2.33. The van der Waals surface area contributed by atoms with Gasteiger partial charge in [0.05, 0.1) is 11.0 Å². The average molecular weight is 265 g/mol. The van der Waals surface area contributed by atoms with Crippen LogP contribution in [0.1, 0.15) is 18.0 Å². The smallest absolute Gasteiger partial charge is 0.269 e. The van der Waals surface area contributed by atoms with E-state index in [1.54, 1.807) is 12.1 Å². The predicted molar refractivity (Wildman–Crippen MR) is 72.0 cm³/mol. The van der Waals surface area contributed by atoms with Gasteiger partial charge in [0.25, 0.3) is 5.69 Å². The van der Waals surface area contributed by atoms with Crippen LogP contribution in [0.3, 0.4) is 0 Å². The zero-order valence-corrected chi connectivity index (χ0v) is 11.0. The van der Waals surface area contributed by atoms with Crippen LogP contribution in [0.2, 0.25) is 0 Å². The van der Waals surface area contributed by atoms with Gasteiger partial charge < -0.3 is 10.4 Å². The molecule has 6 nitrogen and oxygen atoms in total. The number of rotatable bonds is 5. The number of hydrogen-bond acceptors (Lipinski definition) is 5. The van der Waals surface area contributed by atoms with Crippen LogP contribution in [0.25, 0.3) is 0 Å². The van der Waals surface area contributed by atoms with Gasteiger partial charge in [-0.15, -0.1) is 0 Å². The van der Waals surface area contributed by atoms with Crippen molar-refractivity contribution in [3.63, 3.8) is 0 Å². The van der Waals surface area contributed by atoms with Crippen LogP contribution >= 0.6 is 0 Å². The molecule has 0 spiro atoms. The lowest BCUT2D eigenvalue weighted by molar-refractivity contribution is -0.384. The first kappa shape index (κ1) is 13.9. The van der Waals surface area contributed by atoms with Crippen molar-refractivity contribution in [1.29, 1.82) is 0 Å². The Morgan fingerprint density at radius 2 is 2.42 bits per heavy atom. The fourth-order valence-electron chi connectivity index (χ4n) is 2.45. The zero-order valence-electron chi connectivity index (χ0n) is 11.0. The van der Waals surface area contributed by atoms with E-state index in [0.717, 1.165) is 25.1 Å². The van der Waals surface area contributed by atoms with Crippen LogP contribution < -0.4 is 5.32 Å². The van der Waals surface area contributed by atoms with E-state index in [1.807, 2.05) is 13.1 Å². The Balaban J connectivity index is 2.08. The van der Waals surface area contributed by atoms with Crippen molar-refractivity contribution in [2.45, 2.75) is 18.6 Å². The average Bonchev–Trinajstić information content (AvgIpc) is 2.81. The first-order valence-electron chi connectivity index (χ1n) is 6.42. The molecule has 1 aliphatic rings. The first-order chi connectivity index (χ1) is 9.10. The quantitative estimate of drug-likeness (QED) is 0.611. The van der Waals surface area contributed by atoms with E-state index >= 15 is 0 Å².